The Kier molecular flexibility index (Phi) is 4.80. The zero-order valence-corrected chi connectivity index (χ0v) is 12.5. The summed E-state index contributed by atoms with van der Waals surface area (Å²) in [5, 5.41) is 0.189. The minimum absolute atomic E-state index is 0.189. The molecular weight excluding hydrogens is 264 g/mol. The van der Waals surface area contributed by atoms with E-state index in [4.69, 9.17) is 16.3 Å². The van der Waals surface area contributed by atoms with E-state index in [0.29, 0.717) is 17.9 Å². The largest absolute Gasteiger partial charge is 0.467 e. The summed E-state index contributed by atoms with van der Waals surface area (Å²) in [7, 11) is 1.54. The van der Waals surface area contributed by atoms with Crippen LogP contribution in [-0.4, -0.2) is 34.6 Å². The first-order valence-electron chi connectivity index (χ1n) is 6.82. The summed E-state index contributed by atoms with van der Waals surface area (Å²) in [6.45, 7) is 5.32. The lowest BCUT2D eigenvalue weighted by Gasteiger charge is -2.30. The number of methoxy groups -OCH3 is 1. The topological polar surface area (TPSA) is 51.1 Å². The maximum Gasteiger partial charge on any atom is 0.322 e. The normalized spacial score (nSPS) is 16.1. The van der Waals surface area contributed by atoms with Gasteiger partial charge in [0.15, 0.2) is 0 Å². The molecule has 1 fully saturated rings. The minimum Gasteiger partial charge on any atom is -0.467 e. The summed E-state index contributed by atoms with van der Waals surface area (Å²) in [5.41, 5.74) is 0. The molecule has 2 rings (SSSR count). The zero-order chi connectivity index (χ0) is 13.8. The number of anilines is 1. The van der Waals surface area contributed by atoms with E-state index in [9.17, 15) is 0 Å². The van der Waals surface area contributed by atoms with Crippen molar-refractivity contribution >= 4 is 17.5 Å². The van der Waals surface area contributed by atoms with Crippen molar-refractivity contribution < 1.29 is 4.74 Å². The van der Waals surface area contributed by atoms with E-state index >= 15 is 0 Å². The zero-order valence-electron chi connectivity index (χ0n) is 11.8. The molecule has 1 saturated carbocycles. The summed E-state index contributed by atoms with van der Waals surface area (Å²) in [4.78, 5) is 14.8. The van der Waals surface area contributed by atoms with Gasteiger partial charge in [-0.1, -0.05) is 26.7 Å². The van der Waals surface area contributed by atoms with Gasteiger partial charge in [0.1, 0.15) is 0 Å². The average molecular weight is 285 g/mol. The molecule has 0 saturated heterocycles. The highest BCUT2D eigenvalue weighted by Gasteiger charge is 2.26. The van der Waals surface area contributed by atoms with E-state index in [2.05, 4.69) is 33.7 Å². The molecule has 19 heavy (non-hydrogen) atoms. The molecule has 5 nitrogen and oxygen atoms in total. The number of aromatic nitrogens is 3. The Balaban J connectivity index is 2.28. The van der Waals surface area contributed by atoms with Crippen LogP contribution in [0.3, 0.4) is 0 Å². The summed E-state index contributed by atoms with van der Waals surface area (Å²) < 4.78 is 5.08. The Labute approximate surface area is 119 Å². The van der Waals surface area contributed by atoms with Crippen molar-refractivity contribution in [2.45, 2.75) is 45.6 Å². The second-order valence-electron chi connectivity index (χ2n) is 5.38. The van der Waals surface area contributed by atoms with Gasteiger partial charge >= 0.3 is 6.01 Å². The van der Waals surface area contributed by atoms with Crippen molar-refractivity contribution in [2.24, 2.45) is 5.92 Å². The van der Waals surface area contributed by atoms with Gasteiger partial charge in [-0.15, -0.1) is 0 Å². The summed E-state index contributed by atoms with van der Waals surface area (Å²) in [6.07, 6.45) is 4.93. The van der Waals surface area contributed by atoms with Gasteiger partial charge < -0.3 is 9.64 Å². The fourth-order valence-electron chi connectivity index (χ4n) is 2.55. The Bertz CT molecular complexity index is 421. The van der Waals surface area contributed by atoms with E-state index in [1.807, 2.05) is 0 Å². The molecule has 0 atom stereocenters. The first-order valence-corrected chi connectivity index (χ1v) is 7.20. The number of rotatable bonds is 5. The van der Waals surface area contributed by atoms with Crippen LogP contribution in [0, 0.1) is 5.92 Å². The smallest absolute Gasteiger partial charge is 0.322 e. The minimum atomic E-state index is 0.189. The molecule has 1 heterocycles. The summed E-state index contributed by atoms with van der Waals surface area (Å²) in [6, 6.07) is 0.785. The molecule has 0 aromatic carbocycles. The van der Waals surface area contributed by atoms with Gasteiger partial charge in [0.05, 0.1) is 7.11 Å². The van der Waals surface area contributed by atoms with Crippen molar-refractivity contribution in [3.8, 4) is 6.01 Å². The third-order valence-electron chi connectivity index (χ3n) is 3.34. The molecule has 0 aliphatic heterocycles. The van der Waals surface area contributed by atoms with Crippen LogP contribution in [0.1, 0.15) is 39.5 Å². The molecule has 1 aromatic heterocycles. The van der Waals surface area contributed by atoms with Gasteiger partial charge in [-0.2, -0.15) is 15.0 Å². The van der Waals surface area contributed by atoms with Crippen molar-refractivity contribution in [1.82, 2.24) is 15.0 Å². The lowest BCUT2D eigenvalue weighted by Crippen LogP contribution is -2.37. The predicted molar refractivity (Wildman–Crippen MR) is 75.8 cm³/mol. The van der Waals surface area contributed by atoms with E-state index < -0.39 is 0 Å². The molecule has 0 amide bonds. The van der Waals surface area contributed by atoms with Crippen LogP contribution in [0.2, 0.25) is 5.28 Å². The lowest BCUT2D eigenvalue weighted by atomic mass is 10.1. The quantitative estimate of drug-likeness (QED) is 0.832. The van der Waals surface area contributed by atoms with Crippen LogP contribution in [-0.2, 0) is 0 Å². The van der Waals surface area contributed by atoms with E-state index in [-0.39, 0.29) is 11.3 Å². The molecule has 106 valence electrons. The fourth-order valence-corrected chi connectivity index (χ4v) is 2.69. The maximum atomic E-state index is 5.95. The molecule has 0 N–H and O–H groups in total. The van der Waals surface area contributed by atoms with Gasteiger partial charge in [-0.25, -0.2) is 0 Å². The van der Waals surface area contributed by atoms with Crippen molar-refractivity contribution in [2.75, 3.05) is 18.6 Å². The highest BCUT2D eigenvalue weighted by Crippen LogP contribution is 2.28. The third kappa shape index (κ3) is 3.69. The molecule has 1 aliphatic rings. The number of ether oxygens (including phenoxy) is 1. The second kappa shape index (κ2) is 6.37. The number of halogens is 1. The highest BCUT2D eigenvalue weighted by molar-refractivity contribution is 6.28. The maximum absolute atomic E-state index is 5.95. The lowest BCUT2D eigenvalue weighted by molar-refractivity contribution is 0.376. The standard InChI is InChI=1S/C13H21ClN4O/c1-9(2)8-18(10-6-4-5-7-10)12-15-11(14)16-13(17-12)19-3/h9-10H,4-8H2,1-3H3. The van der Waals surface area contributed by atoms with Crippen LogP contribution in [0.4, 0.5) is 5.95 Å². The number of nitrogens with zero attached hydrogens (tertiary/aromatic N) is 4. The average Bonchev–Trinajstić information content (AvgIpc) is 2.88. The molecule has 1 aromatic rings. The van der Waals surface area contributed by atoms with Gasteiger partial charge in [0, 0.05) is 12.6 Å². The van der Waals surface area contributed by atoms with Crippen molar-refractivity contribution in [3.05, 3.63) is 5.28 Å². The third-order valence-corrected chi connectivity index (χ3v) is 3.51. The van der Waals surface area contributed by atoms with Gasteiger partial charge in [0.25, 0.3) is 0 Å². The molecule has 0 unspecified atom stereocenters. The molecule has 0 spiro atoms. The van der Waals surface area contributed by atoms with Crippen LogP contribution in [0.15, 0.2) is 0 Å². The Morgan fingerprint density at radius 3 is 2.53 bits per heavy atom. The van der Waals surface area contributed by atoms with E-state index in [1.54, 1.807) is 0 Å². The van der Waals surface area contributed by atoms with E-state index in [0.717, 1.165) is 6.54 Å². The van der Waals surface area contributed by atoms with Crippen LogP contribution >= 0.6 is 11.6 Å². The van der Waals surface area contributed by atoms with Crippen LogP contribution in [0.5, 0.6) is 6.01 Å². The van der Waals surface area contributed by atoms with Crippen molar-refractivity contribution in [1.29, 1.82) is 0 Å². The van der Waals surface area contributed by atoms with E-state index in [1.165, 1.54) is 32.8 Å². The van der Waals surface area contributed by atoms with Gasteiger partial charge in [-0.05, 0) is 30.4 Å². The first kappa shape index (κ1) is 14.3. The molecule has 0 bridgehead atoms. The molecule has 1 aliphatic carbocycles. The Morgan fingerprint density at radius 1 is 1.26 bits per heavy atom. The van der Waals surface area contributed by atoms with Gasteiger partial charge in [-0.3, -0.25) is 0 Å². The monoisotopic (exact) mass is 284 g/mol. The number of hydrogen-bond donors (Lipinski definition) is 0. The van der Waals surface area contributed by atoms with Crippen LogP contribution < -0.4 is 9.64 Å². The summed E-state index contributed by atoms with van der Waals surface area (Å²) in [5.74, 6) is 1.18. The van der Waals surface area contributed by atoms with Gasteiger partial charge in [0.2, 0.25) is 11.2 Å². The predicted octanol–water partition coefficient (Wildman–Crippen LogP) is 2.94. The Morgan fingerprint density at radius 2 is 1.95 bits per heavy atom. The molecular formula is C13H21ClN4O. The SMILES string of the molecule is COc1nc(Cl)nc(N(CC(C)C)C2CCCC2)n1. The molecule has 6 heteroatoms. The summed E-state index contributed by atoms with van der Waals surface area (Å²) >= 11 is 5.95. The Hall–Kier alpha value is -1.10. The second-order valence-corrected chi connectivity index (χ2v) is 5.71. The van der Waals surface area contributed by atoms with Crippen LogP contribution in [0.25, 0.3) is 0 Å². The molecule has 0 radical (unpaired) electrons. The highest BCUT2D eigenvalue weighted by atomic mass is 35.5. The number of hydrogen-bond acceptors (Lipinski definition) is 5. The van der Waals surface area contributed by atoms with Crippen molar-refractivity contribution in [3.63, 3.8) is 0 Å². The first-order chi connectivity index (χ1) is 9.10. The fraction of sp³-hybridized carbons (Fsp3) is 0.769.